The van der Waals surface area contributed by atoms with Gasteiger partial charge in [-0.1, -0.05) is 46.0 Å². The molecule has 1 N–H and O–H groups in total. The molecule has 1 aromatic carbocycles. The first kappa shape index (κ1) is 12.3. The van der Waals surface area contributed by atoms with Crippen LogP contribution in [0.2, 0.25) is 18.1 Å². The minimum atomic E-state index is -1.28. The second-order valence-corrected chi connectivity index (χ2v) is 11.6. The minimum absolute atomic E-state index is 0.381. The van der Waals surface area contributed by atoms with Crippen LogP contribution in [0.15, 0.2) is 24.3 Å². The molecule has 0 amide bonds. The van der Waals surface area contributed by atoms with E-state index in [4.69, 9.17) is 0 Å². The fraction of sp³-hybridized carbons (Fsp3) is 0.538. The highest BCUT2D eigenvalue weighted by Gasteiger charge is 2.34. The smallest absolute Gasteiger partial charge is 0.115 e. The maximum atomic E-state index is 9.43. The van der Waals surface area contributed by atoms with Gasteiger partial charge in [0.1, 0.15) is 5.75 Å². The molecular formula is C13H22OSi. The average Bonchev–Trinajstić information content (AvgIpc) is 2.00. The van der Waals surface area contributed by atoms with Crippen LogP contribution in [-0.2, 0) is 6.04 Å². The van der Waals surface area contributed by atoms with Crippen LogP contribution >= 0.6 is 0 Å². The summed E-state index contributed by atoms with van der Waals surface area (Å²) in [6, 6.07) is 8.79. The van der Waals surface area contributed by atoms with E-state index < -0.39 is 8.07 Å². The van der Waals surface area contributed by atoms with Gasteiger partial charge in [-0.25, -0.2) is 0 Å². The molecule has 0 fully saturated rings. The molecule has 0 aliphatic rings. The van der Waals surface area contributed by atoms with Crippen LogP contribution in [0.3, 0.4) is 0 Å². The molecule has 0 radical (unpaired) electrons. The molecule has 1 nitrogen and oxygen atoms in total. The molecule has 84 valence electrons. The molecule has 2 heteroatoms. The van der Waals surface area contributed by atoms with Crippen molar-refractivity contribution in [2.24, 2.45) is 0 Å². The monoisotopic (exact) mass is 222 g/mol. The summed E-state index contributed by atoms with van der Waals surface area (Å²) in [5.41, 5.74) is 1.27. The molecule has 0 bridgehead atoms. The Balaban J connectivity index is 2.87. The van der Waals surface area contributed by atoms with Gasteiger partial charge in [-0.2, -0.15) is 0 Å². The summed E-state index contributed by atoms with van der Waals surface area (Å²) in [6.07, 6.45) is 0. The van der Waals surface area contributed by atoms with Crippen molar-refractivity contribution >= 4 is 8.07 Å². The number of benzene rings is 1. The van der Waals surface area contributed by atoms with Crippen LogP contribution in [0.25, 0.3) is 0 Å². The van der Waals surface area contributed by atoms with Crippen molar-refractivity contribution in [2.75, 3.05) is 0 Å². The first-order chi connectivity index (χ1) is 6.72. The highest BCUT2D eigenvalue weighted by molar-refractivity contribution is 6.79. The molecule has 1 aromatic rings. The lowest BCUT2D eigenvalue weighted by Gasteiger charge is -2.37. The van der Waals surface area contributed by atoms with Gasteiger partial charge in [-0.3, -0.25) is 0 Å². The molecule has 0 atom stereocenters. The van der Waals surface area contributed by atoms with Crippen LogP contribution in [0.1, 0.15) is 26.3 Å². The number of aromatic hydroxyl groups is 1. The Kier molecular flexibility index (Phi) is 3.29. The molecule has 0 aliphatic heterocycles. The summed E-state index contributed by atoms with van der Waals surface area (Å²) in [5.74, 6) is 0.381. The van der Waals surface area contributed by atoms with Gasteiger partial charge >= 0.3 is 0 Å². The van der Waals surface area contributed by atoms with Crippen LogP contribution in [0, 0.1) is 0 Å². The molecule has 0 aromatic heterocycles. The molecule has 0 saturated carbocycles. The third-order valence-corrected chi connectivity index (χ3v) is 8.94. The molecule has 15 heavy (non-hydrogen) atoms. The molecule has 0 aliphatic carbocycles. The minimum Gasteiger partial charge on any atom is -0.508 e. The third-order valence-electron chi connectivity index (χ3n) is 3.59. The van der Waals surface area contributed by atoms with Crippen LogP contribution in [0.5, 0.6) is 5.75 Å². The number of phenols is 1. The maximum Gasteiger partial charge on any atom is 0.115 e. The summed E-state index contributed by atoms with van der Waals surface area (Å²) in [6.45, 7) is 11.8. The zero-order valence-corrected chi connectivity index (χ0v) is 11.5. The molecule has 0 unspecified atom stereocenters. The van der Waals surface area contributed by atoms with E-state index in [1.54, 1.807) is 6.07 Å². The van der Waals surface area contributed by atoms with Gasteiger partial charge in [-0.15, -0.1) is 0 Å². The van der Waals surface area contributed by atoms with Crippen molar-refractivity contribution in [3.63, 3.8) is 0 Å². The Bertz CT molecular complexity index is 337. The number of hydrogen-bond donors (Lipinski definition) is 1. The van der Waals surface area contributed by atoms with Gasteiger partial charge in [0, 0.05) is 0 Å². The fourth-order valence-electron chi connectivity index (χ4n) is 1.44. The molecule has 1 rings (SSSR count). The first-order valence-corrected chi connectivity index (χ1v) is 8.71. The van der Waals surface area contributed by atoms with E-state index in [0.717, 1.165) is 6.04 Å². The largest absolute Gasteiger partial charge is 0.508 e. The maximum absolute atomic E-state index is 9.43. The highest BCUT2D eigenvalue weighted by Crippen LogP contribution is 2.38. The first-order valence-electron chi connectivity index (χ1n) is 5.50. The van der Waals surface area contributed by atoms with Gasteiger partial charge < -0.3 is 5.11 Å². The normalized spacial score (nSPS) is 12.9. The van der Waals surface area contributed by atoms with Crippen LogP contribution in [0.4, 0.5) is 0 Å². The molecular weight excluding hydrogens is 200 g/mol. The molecule has 0 heterocycles. The van der Waals surface area contributed by atoms with Gasteiger partial charge in [-0.05, 0) is 28.8 Å². The Morgan fingerprint density at radius 2 is 1.80 bits per heavy atom. The molecule has 0 spiro atoms. The van der Waals surface area contributed by atoms with E-state index in [0.29, 0.717) is 10.8 Å². The predicted molar refractivity (Wildman–Crippen MR) is 69.0 cm³/mol. The van der Waals surface area contributed by atoms with E-state index in [-0.39, 0.29) is 0 Å². The van der Waals surface area contributed by atoms with E-state index >= 15 is 0 Å². The van der Waals surface area contributed by atoms with Crippen molar-refractivity contribution in [1.29, 1.82) is 0 Å². The van der Waals surface area contributed by atoms with Crippen molar-refractivity contribution in [1.82, 2.24) is 0 Å². The summed E-state index contributed by atoms with van der Waals surface area (Å²) in [7, 11) is -1.28. The average molecular weight is 222 g/mol. The van der Waals surface area contributed by atoms with Gasteiger partial charge in [0.25, 0.3) is 0 Å². The van der Waals surface area contributed by atoms with Gasteiger partial charge in [0.15, 0.2) is 0 Å². The van der Waals surface area contributed by atoms with E-state index in [1.165, 1.54) is 5.56 Å². The Labute approximate surface area is 94.2 Å². The lowest BCUT2D eigenvalue weighted by Crippen LogP contribution is -2.39. The Hall–Kier alpha value is -0.763. The molecule has 0 saturated heterocycles. The fourth-order valence-corrected chi connectivity index (χ4v) is 3.21. The Morgan fingerprint density at radius 1 is 1.20 bits per heavy atom. The Morgan fingerprint density at radius 3 is 2.27 bits per heavy atom. The van der Waals surface area contributed by atoms with Crippen LogP contribution < -0.4 is 0 Å². The summed E-state index contributed by atoms with van der Waals surface area (Å²) < 4.78 is 0. The SMILES string of the molecule is CC(C)(C)[Si](C)(C)Cc1cccc(O)c1. The summed E-state index contributed by atoms with van der Waals surface area (Å²) in [4.78, 5) is 0. The van der Waals surface area contributed by atoms with E-state index in [2.05, 4.69) is 39.9 Å². The van der Waals surface area contributed by atoms with Crippen molar-refractivity contribution < 1.29 is 5.11 Å². The number of hydrogen-bond acceptors (Lipinski definition) is 1. The van der Waals surface area contributed by atoms with Gasteiger partial charge in [0.05, 0.1) is 8.07 Å². The lowest BCUT2D eigenvalue weighted by atomic mass is 10.2. The zero-order chi connectivity index (χ0) is 11.7. The number of rotatable bonds is 2. The third kappa shape index (κ3) is 3.10. The van der Waals surface area contributed by atoms with E-state index in [9.17, 15) is 5.11 Å². The van der Waals surface area contributed by atoms with Crippen molar-refractivity contribution in [3.05, 3.63) is 29.8 Å². The van der Waals surface area contributed by atoms with Gasteiger partial charge in [0.2, 0.25) is 0 Å². The topological polar surface area (TPSA) is 20.2 Å². The standard InChI is InChI=1S/C13H22OSi/c1-13(2,3)15(4,5)10-11-7-6-8-12(14)9-11/h6-9,14H,10H2,1-5H3. The quantitative estimate of drug-likeness (QED) is 0.750. The van der Waals surface area contributed by atoms with Crippen molar-refractivity contribution in [3.8, 4) is 5.75 Å². The highest BCUT2D eigenvalue weighted by atomic mass is 28.3. The predicted octanol–water partition coefficient (Wildman–Crippen LogP) is 3.98. The second kappa shape index (κ2) is 4.01. The summed E-state index contributed by atoms with van der Waals surface area (Å²) in [5, 5.41) is 9.83. The van der Waals surface area contributed by atoms with Crippen molar-refractivity contribution in [2.45, 2.75) is 44.9 Å². The zero-order valence-electron chi connectivity index (χ0n) is 10.5. The van der Waals surface area contributed by atoms with Crippen LogP contribution in [-0.4, -0.2) is 13.2 Å². The number of phenolic OH excluding ortho intramolecular Hbond substituents is 1. The second-order valence-electron chi connectivity index (χ2n) is 5.98. The summed E-state index contributed by atoms with van der Waals surface area (Å²) >= 11 is 0. The van der Waals surface area contributed by atoms with E-state index in [1.807, 2.05) is 12.1 Å². The lowest BCUT2D eigenvalue weighted by molar-refractivity contribution is 0.475.